The third kappa shape index (κ3) is 2.14. The highest BCUT2D eigenvalue weighted by Crippen LogP contribution is 2.32. The Morgan fingerprint density at radius 1 is 1.39 bits per heavy atom. The van der Waals surface area contributed by atoms with E-state index in [1.165, 1.54) is 0 Å². The topological polar surface area (TPSA) is 41.1 Å². The molecule has 0 saturated heterocycles. The third-order valence-electron chi connectivity index (χ3n) is 3.62. The summed E-state index contributed by atoms with van der Waals surface area (Å²) in [6, 6.07) is 2.09. The fourth-order valence-electron chi connectivity index (χ4n) is 1.73. The molecular formula is C13H20N4S. The van der Waals surface area contributed by atoms with Gasteiger partial charge in [-0.05, 0) is 31.7 Å². The van der Waals surface area contributed by atoms with Crippen LogP contribution in [0.4, 0.5) is 11.8 Å². The Balaban J connectivity index is 2.58. The maximum absolute atomic E-state index is 4.62. The Kier molecular flexibility index (Phi) is 3.43. The van der Waals surface area contributed by atoms with Crippen LogP contribution < -0.4 is 10.2 Å². The Labute approximate surface area is 112 Å². The van der Waals surface area contributed by atoms with Gasteiger partial charge in [0.2, 0.25) is 5.95 Å². The lowest BCUT2D eigenvalue weighted by Gasteiger charge is -2.36. The molecule has 0 fully saturated rings. The highest BCUT2D eigenvalue weighted by atomic mass is 32.1. The molecular weight excluding hydrogens is 244 g/mol. The van der Waals surface area contributed by atoms with E-state index in [9.17, 15) is 0 Å². The van der Waals surface area contributed by atoms with Crippen LogP contribution in [-0.2, 0) is 0 Å². The van der Waals surface area contributed by atoms with Crippen LogP contribution in [0.15, 0.2) is 11.4 Å². The first kappa shape index (κ1) is 13.1. The van der Waals surface area contributed by atoms with Crippen LogP contribution >= 0.6 is 11.3 Å². The molecule has 0 unspecified atom stereocenters. The number of thiophene rings is 1. The average molecular weight is 264 g/mol. The molecule has 0 aromatic carbocycles. The molecule has 0 saturated carbocycles. The van der Waals surface area contributed by atoms with E-state index in [-0.39, 0.29) is 5.54 Å². The second-order valence-corrected chi connectivity index (χ2v) is 5.88. The van der Waals surface area contributed by atoms with E-state index in [2.05, 4.69) is 59.4 Å². The molecule has 0 aliphatic carbocycles. The summed E-state index contributed by atoms with van der Waals surface area (Å²) in [7, 11) is 3.95. The van der Waals surface area contributed by atoms with Crippen molar-refractivity contribution in [3.05, 3.63) is 11.4 Å². The fourth-order valence-corrected chi connectivity index (χ4v) is 2.49. The molecule has 18 heavy (non-hydrogen) atoms. The molecule has 2 rings (SSSR count). The summed E-state index contributed by atoms with van der Waals surface area (Å²) >= 11 is 1.65. The second-order valence-electron chi connectivity index (χ2n) is 4.99. The zero-order valence-corrected chi connectivity index (χ0v) is 12.4. The standard InChI is InChI=1S/C13H20N4S/c1-6-13(2,3)17(5)10-9-7-8-18-11(9)16-12(14-4)15-10/h7-8H,6H2,1-5H3,(H,14,15,16). The van der Waals surface area contributed by atoms with Crippen molar-refractivity contribution in [1.82, 2.24) is 9.97 Å². The van der Waals surface area contributed by atoms with Crippen molar-refractivity contribution in [1.29, 1.82) is 0 Å². The van der Waals surface area contributed by atoms with Crippen LogP contribution in [-0.4, -0.2) is 29.6 Å². The number of fused-ring (bicyclic) bond motifs is 1. The summed E-state index contributed by atoms with van der Waals surface area (Å²) in [6.45, 7) is 6.65. The van der Waals surface area contributed by atoms with Crippen LogP contribution in [0.5, 0.6) is 0 Å². The number of aromatic nitrogens is 2. The first-order valence-electron chi connectivity index (χ1n) is 6.16. The summed E-state index contributed by atoms with van der Waals surface area (Å²) in [5.41, 5.74) is 0.0776. The van der Waals surface area contributed by atoms with Gasteiger partial charge in [0.25, 0.3) is 0 Å². The minimum absolute atomic E-state index is 0.0776. The monoisotopic (exact) mass is 264 g/mol. The van der Waals surface area contributed by atoms with E-state index >= 15 is 0 Å². The summed E-state index contributed by atoms with van der Waals surface area (Å²) in [6.07, 6.45) is 1.06. The Morgan fingerprint density at radius 2 is 2.11 bits per heavy atom. The molecule has 0 radical (unpaired) electrons. The molecule has 2 aromatic heterocycles. The van der Waals surface area contributed by atoms with Gasteiger partial charge in [0, 0.05) is 19.6 Å². The second kappa shape index (κ2) is 4.72. The zero-order valence-electron chi connectivity index (χ0n) is 11.6. The van der Waals surface area contributed by atoms with Crippen molar-refractivity contribution in [2.24, 2.45) is 0 Å². The maximum Gasteiger partial charge on any atom is 0.225 e. The predicted molar refractivity (Wildman–Crippen MR) is 79.7 cm³/mol. The van der Waals surface area contributed by atoms with Crippen molar-refractivity contribution < 1.29 is 0 Å². The van der Waals surface area contributed by atoms with E-state index in [1.807, 2.05) is 7.05 Å². The number of rotatable bonds is 4. The van der Waals surface area contributed by atoms with Crippen LogP contribution in [0.2, 0.25) is 0 Å². The highest BCUT2D eigenvalue weighted by Gasteiger charge is 2.24. The summed E-state index contributed by atoms with van der Waals surface area (Å²) in [5.74, 6) is 1.68. The Morgan fingerprint density at radius 3 is 2.72 bits per heavy atom. The van der Waals surface area contributed by atoms with E-state index in [4.69, 9.17) is 0 Å². The smallest absolute Gasteiger partial charge is 0.225 e. The van der Waals surface area contributed by atoms with Crippen LogP contribution in [0.3, 0.4) is 0 Å². The van der Waals surface area contributed by atoms with Gasteiger partial charge < -0.3 is 10.2 Å². The molecule has 4 nitrogen and oxygen atoms in total. The molecule has 0 aliphatic rings. The molecule has 0 spiro atoms. The highest BCUT2D eigenvalue weighted by molar-refractivity contribution is 7.16. The van der Waals surface area contributed by atoms with Crippen molar-refractivity contribution >= 4 is 33.3 Å². The number of hydrogen-bond donors (Lipinski definition) is 1. The Bertz CT molecular complexity index is 547. The van der Waals surface area contributed by atoms with Gasteiger partial charge in [-0.3, -0.25) is 0 Å². The summed E-state index contributed by atoms with van der Waals surface area (Å²) < 4.78 is 0. The van der Waals surface area contributed by atoms with Gasteiger partial charge in [0.05, 0.1) is 5.39 Å². The molecule has 5 heteroatoms. The number of nitrogens with one attached hydrogen (secondary N) is 1. The van der Waals surface area contributed by atoms with Crippen LogP contribution in [0, 0.1) is 0 Å². The van der Waals surface area contributed by atoms with E-state index in [1.54, 1.807) is 11.3 Å². The lowest BCUT2D eigenvalue weighted by atomic mass is 10.00. The molecule has 2 heterocycles. The molecule has 0 amide bonds. The van der Waals surface area contributed by atoms with E-state index in [0.29, 0.717) is 5.95 Å². The van der Waals surface area contributed by atoms with Gasteiger partial charge in [-0.25, -0.2) is 4.98 Å². The normalized spacial score (nSPS) is 11.8. The van der Waals surface area contributed by atoms with Gasteiger partial charge in [0.1, 0.15) is 10.6 Å². The number of hydrogen-bond acceptors (Lipinski definition) is 5. The molecule has 1 N–H and O–H groups in total. The Hall–Kier alpha value is -1.36. The van der Waals surface area contributed by atoms with E-state index in [0.717, 1.165) is 22.5 Å². The lowest BCUT2D eigenvalue weighted by Crippen LogP contribution is -2.41. The van der Waals surface area contributed by atoms with Crippen LogP contribution in [0.1, 0.15) is 27.2 Å². The summed E-state index contributed by atoms with van der Waals surface area (Å²) in [4.78, 5) is 12.4. The number of anilines is 2. The largest absolute Gasteiger partial charge is 0.357 e. The van der Waals surface area contributed by atoms with Gasteiger partial charge in [-0.15, -0.1) is 11.3 Å². The molecule has 0 atom stereocenters. The quantitative estimate of drug-likeness (QED) is 0.919. The molecule has 98 valence electrons. The van der Waals surface area contributed by atoms with Gasteiger partial charge in [-0.1, -0.05) is 6.92 Å². The first-order valence-corrected chi connectivity index (χ1v) is 7.04. The molecule has 0 aliphatic heterocycles. The third-order valence-corrected chi connectivity index (χ3v) is 4.43. The van der Waals surface area contributed by atoms with Gasteiger partial charge >= 0.3 is 0 Å². The minimum atomic E-state index is 0.0776. The molecule has 2 aromatic rings. The van der Waals surface area contributed by atoms with Gasteiger partial charge in [0.15, 0.2) is 0 Å². The number of nitrogens with zero attached hydrogens (tertiary/aromatic N) is 3. The zero-order chi connectivity index (χ0) is 13.3. The predicted octanol–water partition coefficient (Wildman–Crippen LogP) is 3.36. The summed E-state index contributed by atoms with van der Waals surface area (Å²) in [5, 5.41) is 6.22. The molecule has 0 bridgehead atoms. The van der Waals surface area contributed by atoms with Crippen molar-refractivity contribution in [2.45, 2.75) is 32.7 Å². The average Bonchev–Trinajstić information content (AvgIpc) is 2.84. The minimum Gasteiger partial charge on any atom is -0.357 e. The fraction of sp³-hybridized carbons (Fsp3) is 0.538. The van der Waals surface area contributed by atoms with E-state index < -0.39 is 0 Å². The maximum atomic E-state index is 4.62. The van der Waals surface area contributed by atoms with Crippen molar-refractivity contribution in [2.75, 3.05) is 24.3 Å². The first-order chi connectivity index (χ1) is 8.49. The van der Waals surface area contributed by atoms with Crippen molar-refractivity contribution in [3.63, 3.8) is 0 Å². The lowest BCUT2D eigenvalue weighted by molar-refractivity contribution is 0.468. The van der Waals surface area contributed by atoms with Crippen LogP contribution in [0.25, 0.3) is 10.2 Å². The van der Waals surface area contributed by atoms with Gasteiger partial charge in [-0.2, -0.15) is 4.98 Å². The van der Waals surface area contributed by atoms with Crippen molar-refractivity contribution in [3.8, 4) is 0 Å². The SMILES string of the molecule is CCC(C)(C)N(C)c1nc(NC)nc2sccc12.